The molecule has 0 aliphatic carbocycles. The zero-order chi connectivity index (χ0) is 11.7. The third-order valence-corrected chi connectivity index (χ3v) is 1.00. The molecule has 0 fully saturated rings. The first-order chi connectivity index (χ1) is 6.86. The number of hydrogen-bond donors (Lipinski definition) is 2. The lowest BCUT2D eigenvalue weighted by Gasteiger charge is -1.93. The van der Waals surface area contributed by atoms with Crippen LogP contribution in [0.15, 0.2) is 18.3 Å². The molecule has 2 N–H and O–H groups in total. The van der Waals surface area contributed by atoms with Gasteiger partial charge in [-0.3, -0.25) is 0 Å². The first-order valence-electron chi connectivity index (χ1n) is 4.30. The number of aromatic nitrogens is 1. The highest BCUT2D eigenvalue weighted by Gasteiger charge is 2.06. The highest BCUT2D eigenvalue weighted by atomic mass is 16.5. The lowest BCUT2D eigenvalue weighted by molar-refractivity contribution is 0.0676. The van der Waals surface area contributed by atoms with Gasteiger partial charge in [-0.15, -0.1) is 0 Å². The molecule has 0 unspecified atom stereocenters. The number of carboxylic acid groups (broad SMARTS) is 2. The fraction of sp³-hybridized carbons (Fsp3) is 0. The summed E-state index contributed by atoms with van der Waals surface area (Å²) in [5.74, 6) is -3.15. The Hall–Kier alpha value is -1.91. The Morgan fingerprint density at radius 2 is 2.00 bits per heavy atom. The fourth-order valence-corrected chi connectivity index (χ4v) is 0.492. The summed E-state index contributed by atoms with van der Waals surface area (Å²) in [6.07, 6.45) is -0.832. The molecule has 0 atom stereocenters. The maximum absolute atomic E-state index is 10.6. The van der Waals surface area contributed by atoms with Crippen molar-refractivity contribution in [2.24, 2.45) is 0 Å². The smallest absolute Gasteiger partial charge is 0.354 e. The number of carbonyl (C=O) groups is 2. The van der Waals surface area contributed by atoms with Gasteiger partial charge in [0.25, 0.3) is 0 Å². The Morgan fingerprint density at radius 1 is 1.33 bits per heavy atom. The first kappa shape index (κ1) is 4.87. The second-order valence-corrected chi connectivity index (χ2v) is 1.81. The second kappa shape index (κ2) is 3.00. The van der Waals surface area contributed by atoms with Crippen LogP contribution in [0.2, 0.25) is 0 Å². The molecule has 0 aliphatic rings. The average molecular weight is 177 g/mol. The van der Waals surface area contributed by atoms with Gasteiger partial charge in [-0.1, -0.05) is 0 Å². The van der Waals surface area contributed by atoms with E-state index in [0.29, 0.717) is 0 Å². The van der Waals surface area contributed by atoms with E-state index < -0.39 is 41.5 Å². The highest BCUT2D eigenvalue weighted by Crippen LogP contribution is 1.99. The van der Waals surface area contributed by atoms with Gasteiger partial charge in [0.05, 0.1) is 9.68 Å². The minimum absolute atomic E-state index is 0.773. The van der Waals surface area contributed by atoms with Crippen molar-refractivity contribution in [3.05, 3.63) is 29.5 Å². The molecule has 0 aliphatic heterocycles. The summed E-state index contributed by atoms with van der Waals surface area (Å²) in [5.41, 5.74) is -1.57. The Bertz CT molecular complexity index is 460. The Balaban J connectivity index is 3.58. The topological polar surface area (TPSA) is 87.5 Å². The third kappa shape index (κ3) is 1.57. The Morgan fingerprint density at radius 3 is 2.50 bits per heavy atom. The lowest BCUT2D eigenvalue weighted by Crippen LogP contribution is -2.02. The van der Waals surface area contributed by atoms with Crippen LogP contribution in [0.25, 0.3) is 0 Å². The number of hydrogen-bond acceptors (Lipinski definition) is 3. The summed E-state index contributed by atoms with van der Waals surface area (Å²) in [7, 11) is 0. The summed E-state index contributed by atoms with van der Waals surface area (Å²) in [6, 6.07) is -1.63. The zero-order valence-corrected chi connectivity index (χ0v) is 5.66. The highest BCUT2D eigenvalue weighted by molar-refractivity contribution is 5.89. The summed E-state index contributed by atoms with van der Waals surface area (Å²) in [4.78, 5) is 24.2. The second-order valence-electron chi connectivity index (χ2n) is 1.81. The van der Waals surface area contributed by atoms with Crippen LogP contribution in [0.5, 0.6) is 0 Å². The van der Waals surface area contributed by atoms with Crippen LogP contribution < -0.4 is 0 Å². The van der Waals surface area contributed by atoms with Crippen molar-refractivity contribution in [3.63, 3.8) is 0 Å². The van der Waals surface area contributed by atoms with E-state index in [0.717, 1.165) is 0 Å². The molecule has 12 heavy (non-hydrogen) atoms. The molecule has 0 radical (unpaired) electrons. The van der Waals surface area contributed by atoms with Crippen molar-refractivity contribution in [1.82, 2.24) is 4.98 Å². The van der Waals surface area contributed by atoms with E-state index in [-0.39, 0.29) is 0 Å². The predicted octanol–water partition coefficient (Wildman–Crippen LogP) is 0.478. The van der Waals surface area contributed by atoms with E-state index in [4.69, 9.17) is 14.3 Å². The van der Waals surface area contributed by atoms with E-state index in [1.54, 1.807) is 0 Å². The molecule has 0 saturated carbocycles. The minimum Gasteiger partial charge on any atom is -0.478 e. The molecule has 0 aromatic carbocycles. The van der Waals surface area contributed by atoms with Gasteiger partial charge >= 0.3 is 11.9 Å². The monoisotopic (exact) mass is 177 g/mol. The molecule has 0 saturated heterocycles. The van der Waals surface area contributed by atoms with E-state index >= 15 is 0 Å². The fourth-order valence-electron chi connectivity index (χ4n) is 0.492. The van der Waals surface area contributed by atoms with Crippen LogP contribution in [0.3, 0.4) is 0 Å². The average Bonchev–Trinajstić information content (AvgIpc) is 2.10. The standard InChI is InChI=1S/C7H5NO4/c9-6(10)4-1-2-5(7(11)12)8-3-4/h1-3H,(H,9,10)(H,11,12)/i1+1D,2+1D,3+1D,4+1,5+1,6+1,7+1. The predicted molar refractivity (Wildman–Crippen MR) is 38.2 cm³/mol. The van der Waals surface area contributed by atoms with E-state index in [1.165, 1.54) is 0 Å². The Kier molecular flexibility index (Phi) is 1.22. The molecular formula is C7H5NO4. The maximum atomic E-state index is 10.6. The number of pyridine rings is 1. The van der Waals surface area contributed by atoms with Crippen molar-refractivity contribution in [2.75, 3.05) is 0 Å². The van der Waals surface area contributed by atoms with Crippen molar-refractivity contribution < 1.29 is 23.9 Å². The molecular weight excluding hydrogens is 169 g/mol. The van der Waals surface area contributed by atoms with Crippen LogP contribution in [0.1, 0.15) is 25.0 Å². The Labute approximate surface area is 71.5 Å². The van der Waals surface area contributed by atoms with Gasteiger partial charge in [-0.25, -0.2) is 14.6 Å². The lowest BCUT2D eigenvalue weighted by atomic mass is 11.2. The normalized spacial score (nSPS) is 12.8. The molecule has 1 aromatic heterocycles. The zero-order valence-electron chi connectivity index (χ0n) is 8.66. The van der Waals surface area contributed by atoms with Crippen molar-refractivity contribution in [1.29, 1.82) is 0 Å². The molecule has 0 amide bonds. The largest absolute Gasteiger partial charge is 0.478 e. The molecule has 1 rings (SSSR count). The molecule has 1 heterocycles. The molecule has 1 aromatic rings. The van der Waals surface area contributed by atoms with Gasteiger partial charge in [0.2, 0.25) is 0 Å². The molecule has 0 bridgehead atoms. The van der Waals surface area contributed by atoms with Crippen LogP contribution in [-0.4, -0.2) is 27.1 Å². The van der Waals surface area contributed by atoms with Crippen molar-refractivity contribution >= 4 is 11.9 Å². The third-order valence-electron chi connectivity index (χ3n) is 1.00. The van der Waals surface area contributed by atoms with E-state index in [1.807, 2.05) is 0 Å². The maximum Gasteiger partial charge on any atom is 0.354 e. The quantitative estimate of drug-likeness (QED) is 0.641. The van der Waals surface area contributed by atoms with Crippen LogP contribution in [0, 0.1) is 0 Å². The van der Waals surface area contributed by atoms with Crippen molar-refractivity contribution in [3.8, 4) is 0 Å². The van der Waals surface area contributed by atoms with Crippen LogP contribution in [-0.2, 0) is 0 Å². The number of rotatable bonds is 2. The number of carboxylic acids is 2. The first-order valence-corrected chi connectivity index (χ1v) is 2.80. The summed E-state index contributed by atoms with van der Waals surface area (Å²) < 4.78 is 21.5. The van der Waals surface area contributed by atoms with E-state index in [9.17, 15) is 9.59 Å². The van der Waals surface area contributed by atoms with Gasteiger partial charge in [0, 0.05) is 6.17 Å². The molecule has 0 spiro atoms. The number of aromatic carboxylic acids is 2. The van der Waals surface area contributed by atoms with Gasteiger partial charge in [-0.2, -0.15) is 0 Å². The molecule has 5 heteroatoms. The van der Waals surface area contributed by atoms with Gasteiger partial charge in [-0.05, 0) is 12.1 Å². The van der Waals surface area contributed by atoms with Crippen LogP contribution in [0.4, 0.5) is 0 Å². The molecule has 62 valence electrons. The van der Waals surface area contributed by atoms with Crippen LogP contribution >= 0.6 is 0 Å². The molecule has 5 nitrogen and oxygen atoms in total. The summed E-state index contributed by atoms with van der Waals surface area (Å²) in [5, 5.41) is 17.1. The number of nitrogens with zero attached hydrogens (tertiary/aromatic N) is 1. The van der Waals surface area contributed by atoms with Gasteiger partial charge < -0.3 is 10.2 Å². The van der Waals surface area contributed by atoms with Crippen molar-refractivity contribution in [2.45, 2.75) is 0 Å². The summed E-state index contributed by atoms with van der Waals surface area (Å²) in [6.45, 7) is 0. The van der Waals surface area contributed by atoms with E-state index in [2.05, 4.69) is 4.98 Å². The summed E-state index contributed by atoms with van der Waals surface area (Å²) >= 11 is 0. The van der Waals surface area contributed by atoms with Gasteiger partial charge in [0.1, 0.15) is 5.69 Å². The minimum atomic E-state index is -1.58. The van der Waals surface area contributed by atoms with Gasteiger partial charge in [0.15, 0.2) is 0 Å². The SMILES string of the molecule is [2H][13c]1n[13c]([13C](=O)O)[13c]([2H])[13c]([2H])[13c]1[13C](=O)O.